The molecule has 0 aliphatic carbocycles. The number of aliphatic carboxylic acids is 1. The molecule has 76 valence electrons. The number of hydrogen-bond donors (Lipinski definition) is 1. The molecular formula is C9H13N3O2. The Morgan fingerprint density at radius 1 is 1.57 bits per heavy atom. The van der Waals surface area contributed by atoms with Gasteiger partial charge in [0.2, 0.25) is 0 Å². The molecule has 1 aliphatic rings. The van der Waals surface area contributed by atoms with Gasteiger partial charge in [-0.05, 0) is 0 Å². The van der Waals surface area contributed by atoms with Gasteiger partial charge in [-0.3, -0.25) is 9.69 Å². The van der Waals surface area contributed by atoms with Gasteiger partial charge < -0.3 is 9.67 Å². The maximum Gasteiger partial charge on any atom is 0.304 e. The van der Waals surface area contributed by atoms with E-state index in [4.69, 9.17) is 5.11 Å². The third-order valence-corrected chi connectivity index (χ3v) is 2.47. The summed E-state index contributed by atoms with van der Waals surface area (Å²) in [7, 11) is 0. The van der Waals surface area contributed by atoms with Gasteiger partial charge in [-0.2, -0.15) is 0 Å². The SMILES string of the molecule is O=C(O)CCN1CCn2ccnc2C1. The Balaban J connectivity index is 1.91. The average molecular weight is 195 g/mol. The van der Waals surface area contributed by atoms with Crippen molar-refractivity contribution in [1.29, 1.82) is 0 Å². The molecule has 1 N–H and O–H groups in total. The largest absolute Gasteiger partial charge is 0.481 e. The Hall–Kier alpha value is -1.36. The minimum absolute atomic E-state index is 0.209. The highest BCUT2D eigenvalue weighted by atomic mass is 16.4. The molecule has 0 fully saturated rings. The van der Waals surface area contributed by atoms with Crippen molar-refractivity contribution in [3.63, 3.8) is 0 Å². The van der Waals surface area contributed by atoms with E-state index in [1.807, 2.05) is 6.20 Å². The predicted octanol–water partition coefficient (Wildman–Crippen LogP) is 0.173. The van der Waals surface area contributed by atoms with Crippen LogP contribution in [0.1, 0.15) is 12.2 Å². The molecule has 0 spiro atoms. The van der Waals surface area contributed by atoms with Crippen molar-refractivity contribution in [2.75, 3.05) is 13.1 Å². The fraction of sp³-hybridized carbons (Fsp3) is 0.556. The number of hydrogen-bond acceptors (Lipinski definition) is 3. The summed E-state index contributed by atoms with van der Waals surface area (Å²) in [5, 5.41) is 8.55. The molecule has 1 aromatic heterocycles. The lowest BCUT2D eigenvalue weighted by Crippen LogP contribution is -2.35. The molecular weight excluding hydrogens is 182 g/mol. The van der Waals surface area contributed by atoms with Crippen LogP contribution < -0.4 is 0 Å². The summed E-state index contributed by atoms with van der Waals surface area (Å²) in [6.45, 7) is 3.20. The fourth-order valence-electron chi connectivity index (χ4n) is 1.67. The van der Waals surface area contributed by atoms with Crippen molar-refractivity contribution >= 4 is 5.97 Å². The van der Waals surface area contributed by atoms with Crippen LogP contribution >= 0.6 is 0 Å². The zero-order valence-electron chi connectivity index (χ0n) is 7.89. The van der Waals surface area contributed by atoms with E-state index in [9.17, 15) is 4.79 Å². The van der Waals surface area contributed by atoms with E-state index in [0.29, 0.717) is 6.54 Å². The Morgan fingerprint density at radius 3 is 3.21 bits per heavy atom. The third kappa shape index (κ3) is 1.93. The number of rotatable bonds is 3. The zero-order chi connectivity index (χ0) is 9.97. The molecule has 0 aromatic carbocycles. The molecule has 5 heteroatoms. The highest BCUT2D eigenvalue weighted by Crippen LogP contribution is 2.09. The van der Waals surface area contributed by atoms with E-state index in [1.54, 1.807) is 6.20 Å². The van der Waals surface area contributed by atoms with Crippen LogP contribution in [0.5, 0.6) is 0 Å². The molecule has 0 unspecified atom stereocenters. The van der Waals surface area contributed by atoms with Crippen LogP contribution in [0.4, 0.5) is 0 Å². The Labute approximate surface area is 82.0 Å². The van der Waals surface area contributed by atoms with Crippen LogP contribution in [0.15, 0.2) is 12.4 Å². The summed E-state index contributed by atoms with van der Waals surface area (Å²) in [5.74, 6) is 0.292. The van der Waals surface area contributed by atoms with Gasteiger partial charge in [0.15, 0.2) is 0 Å². The standard InChI is InChI=1S/C9H13N3O2/c13-9(14)1-3-11-5-6-12-4-2-10-8(12)7-11/h2,4H,1,3,5-7H2,(H,13,14). The minimum Gasteiger partial charge on any atom is -0.481 e. The maximum atomic E-state index is 10.4. The highest BCUT2D eigenvalue weighted by Gasteiger charge is 2.16. The predicted molar refractivity (Wildman–Crippen MR) is 49.8 cm³/mol. The second kappa shape index (κ2) is 3.79. The second-order valence-corrected chi connectivity index (χ2v) is 3.46. The molecule has 0 saturated carbocycles. The fourth-order valence-corrected chi connectivity index (χ4v) is 1.67. The van der Waals surface area contributed by atoms with Gasteiger partial charge in [0.25, 0.3) is 0 Å². The molecule has 2 rings (SSSR count). The van der Waals surface area contributed by atoms with Gasteiger partial charge in [-0.15, -0.1) is 0 Å². The smallest absolute Gasteiger partial charge is 0.304 e. The van der Waals surface area contributed by atoms with Crippen molar-refractivity contribution in [2.24, 2.45) is 0 Å². The van der Waals surface area contributed by atoms with Crippen LogP contribution in [-0.4, -0.2) is 38.6 Å². The summed E-state index contributed by atoms with van der Waals surface area (Å²) in [4.78, 5) is 16.7. The number of nitrogens with zero attached hydrogens (tertiary/aromatic N) is 3. The molecule has 0 saturated heterocycles. The van der Waals surface area contributed by atoms with Crippen LogP contribution in [0.25, 0.3) is 0 Å². The van der Waals surface area contributed by atoms with E-state index in [1.165, 1.54) is 0 Å². The molecule has 5 nitrogen and oxygen atoms in total. The van der Waals surface area contributed by atoms with Crippen LogP contribution in [0.2, 0.25) is 0 Å². The molecule has 1 aromatic rings. The van der Waals surface area contributed by atoms with E-state index < -0.39 is 5.97 Å². The lowest BCUT2D eigenvalue weighted by Gasteiger charge is -2.26. The zero-order valence-corrected chi connectivity index (χ0v) is 7.89. The number of carboxylic acid groups (broad SMARTS) is 1. The Kier molecular flexibility index (Phi) is 2.49. The van der Waals surface area contributed by atoms with Crippen molar-refractivity contribution < 1.29 is 9.90 Å². The van der Waals surface area contributed by atoms with E-state index >= 15 is 0 Å². The number of carboxylic acids is 1. The van der Waals surface area contributed by atoms with Gasteiger partial charge in [0.1, 0.15) is 5.82 Å². The lowest BCUT2D eigenvalue weighted by atomic mass is 10.3. The van der Waals surface area contributed by atoms with Gasteiger partial charge in [0.05, 0.1) is 13.0 Å². The Morgan fingerprint density at radius 2 is 2.43 bits per heavy atom. The summed E-state index contributed by atoms with van der Waals surface area (Å²) in [6.07, 6.45) is 3.96. The number of imidazole rings is 1. The van der Waals surface area contributed by atoms with Crippen molar-refractivity contribution in [3.05, 3.63) is 18.2 Å². The quantitative estimate of drug-likeness (QED) is 0.747. The molecule has 0 bridgehead atoms. The van der Waals surface area contributed by atoms with E-state index in [0.717, 1.165) is 25.5 Å². The first-order chi connectivity index (χ1) is 6.75. The molecule has 14 heavy (non-hydrogen) atoms. The molecule has 0 radical (unpaired) electrons. The topological polar surface area (TPSA) is 58.4 Å². The molecule has 0 amide bonds. The van der Waals surface area contributed by atoms with Gasteiger partial charge in [0, 0.05) is 32.0 Å². The first-order valence-electron chi connectivity index (χ1n) is 4.70. The monoisotopic (exact) mass is 195 g/mol. The van der Waals surface area contributed by atoms with Gasteiger partial charge in [-0.1, -0.05) is 0 Å². The maximum absolute atomic E-state index is 10.4. The van der Waals surface area contributed by atoms with Crippen molar-refractivity contribution in [3.8, 4) is 0 Å². The summed E-state index contributed by atoms with van der Waals surface area (Å²) >= 11 is 0. The minimum atomic E-state index is -0.737. The Bertz CT molecular complexity index is 335. The van der Waals surface area contributed by atoms with Crippen molar-refractivity contribution in [2.45, 2.75) is 19.5 Å². The number of carbonyl (C=O) groups is 1. The second-order valence-electron chi connectivity index (χ2n) is 3.46. The van der Waals surface area contributed by atoms with Gasteiger partial charge in [-0.25, -0.2) is 4.98 Å². The first kappa shape index (κ1) is 9.21. The number of aromatic nitrogens is 2. The van der Waals surface area contributed by atoms with Gasteiger partial charge >= 0.3 is 5.97 Å². The van der Waals surface area contributed by atoms with E-state index in [-0.39, 0.29) is 6.42 Å². The van der Waals surface area contributed by atoms with Crippen LogP contribution in [0, 0.1) is 0 Å². The molecule has 1 aliphatic heterocycles. The van der Waals surface area contributed by atoms with Crippen LogP contribution in [0.3, 0.4) is 0 Å². The number of fused-ring (bicyclic) bond motifs is 1. The molecule has 0 atom stereocenters. The first-order valence-corrected chi connectivity index (χ1v) is 4.70. The third-order valence-electron chi connectivity index (χ3n) is 2.47. The summed E-state index contributed by atoms with van der Waals surface area (Å²) < 4.78 is 2.11. The molecule has 2 heterocycles. The van der Waals surface area contributed by atoms with Crippen molar-refractivity contribution in [1.82, 2.24) is 14.5 Å². The van der Waals surface area contributed by atoms with Crippen LogP contribution in [-0.2, 0) is 17.9 Å². The lowest BCUT2D eigenvalue weighted by molar-refractivity contribution is -0.137. The summed E-state index contributed by atoms with van der Waals surface area (Å²) in [6, 6.07) is 0. The normalized spacial score (nSPS) is 16.6. The summed E-state index contributed by atoms with van der Waals surface area (Å²) in [5.41, 5.74) is 0. The highest BCUT2D eigenvalue weighted by molar-refractivity contribution is 5.66. The average Bonchev–Trinajstić information content (AvgIpc) is 2.61. The van der Waals surface area contributed by atoms with E-state index in [2.05, 4.69) is 14.5 Å².